The first-order valence-electron chi connectivity index (χ1n) is 31.6. The molecule has 0 saturated heterocycles. The molecule has 2 N–H and O–H groups in total. The predicted octanol–water partition coefficient (Wildman–Crippen LogP) is 20.6. The number of methoxy groups -OCH3 is 4. The number of anilines is 5. The van der Waals surface area contributed by atoms with Crippen molar-refractivity contribution >= 4 is 51.0 Å². The standard InChI is InChI=1S/C16H21NO.C14H21NO.C14H20O.C12H19NO.C11H17NO.C11H17NS/c1-16(2,3)17(4)13-9-10-14-12(11-13)7-6-8-15(14)18-5;1-14(2,3)15-9-5-6-11-10-12(16-4)7-8-13(11)15;1-10(14(2,3)4)11-5-6-13-12(9-11)7-8-15-13;1-12(2,3)13(4)10-6-8-11(14-5)9-7-10;2*1-11(2,3)12-9-5-7-10(13-4)8-6-9/h6-11H,1-5H3;7-8,10H,5-6,9H2,1-4H3;5-6,9-10H,7-8H2,1-4H3;6-9H,1-5H3;2*5-8,12H,1-4H3. The molecule has 1 atom stereocenters. The number of benzene rings is 7. The quantitative estimate of drug-likeness (QED) is 0.129. The highest BCUT2D eigenvalue weighted by Crippen LogP contribution is 2.38. The van der Waals surface area contributed by atoms with Gasteiger partial charge in [0.2, 0.25) is 0 Å². The Kier molecular flexibility index (Phi) is 27.5. The molecule has 0 aromatic heterocycles. The van der Waals surface area contributed by atoms with Gasteiger partial charge in [-0.2, -0.15) is 0 Å². The van der Waals surface area contributed by atoms with E-state index >= 15 is 0 Å². The van der Waals surface area contributed by atoms with Gasteiger partial charge in [-0.15, -0.1) is 11.8 Å². The number of rotatable bonds is 10. The molecule has 0 amide bonds. The first-order valence-corrected chi connectivity index (χ1v) is 32.9. The Labute approximate surface area is 544 Å². The Balaban J connectivity index is 0.000000229. The van der Waals surface area contributed by atoms with E-state index in [1.807, 2.05) is 48.5 Å². The normalized spacial score (nSPS) is 13.1. The summed E-state index contributed by atoms with van der Waals surface area (Å²) in [6.45, 7) is 44.1. The Morgan fingerprint density at radius 2 is 1.02 bits per heavy atom. The second-order valence-electron chi connectivity index (χ2n) is 29.2. The Hall–Kier alpha value is -6.85. The summed E-state index contributed by atoms with van der Waals surface area (Å²) >= 11 is 1.77. The third-order valence-electron chi connectivity index (χ3n) is 15.8. The van der Waals surface area contributed by atoms with E-state index < -0.39 is 0 Å². The fourth-order valence-electron chi connectivity index (χ4n) is 9.80. The zero-order chi connectivity index (χ0) is 66.7. The number of fused-ring (bicyclic) bond motifs is 3. The monoisotopic (exact) mass is 1230 g/mol. The second kappa shape index (κ2) is 32.8. The van der Waals surface area contributed by atoms with Gasteiger partial charge in [-0.05, 0) is 278 Å². The molecule has 89 heavy (non-hydrogen) atoms. The molecule has 2 aliphatic rings. The van der Waals surface area contributed by atoms with E-state index in [1.54, 1.807) is 40.2 Å². The van der Waals surface area contributed by atoms with Gasteiger partial charge in [-0.25, -0.2) is 0 Å². The molecule has 0 bridgehead atoms. The van der Waals surface area contributed by atoms with Crippen LogP contribution in [-0.2, 0) is 12.8 Å². The number of hydrogen-bond acceptors (Lipinski definition) is 11. The SMILES string of the molecule is CC(c1ccc2c(c1)CCO2)C(C)(C)C.COc1ccc(N(C)C(C)(C)C)cc1.COc1ccc(NC(C)(C)C)cc1.COc1ccc2c(c1)CCCN2C(C)(C)C.COc1cccc2cc(N(C)C(C)(C)C)ccc12.CSc1ccc(NC(C)(C)C)cc1. The smallest absolute Gasteiger partial charge is 0.126 e. The summed E-state index contributed by atoms with van der Waals surface area (Å²) in [6, 6.07) is 50.3. The number of nitrogens with zero attached hydrogens (tertiary/aromatic N) is 3. The van der Waals surface area contributed by atoms with E-state index in [9.17, 15) is 0 Å². The molecule has 10 nitrogen and oxygen atoms in total. The number of nitrogens with one attached hydrogen (secondary N) is 2. The van der Waals surface area contributed by atoms with Crippen molar-refractivity contribution in [1.82, 2.24) is 0 Å². The molecule has 0 radical (unpaired) electrons. The van der Waals surface area contributed by atoms with Crippen molar-refractivity contribution in [2.24, 2.45) is 5.41 Å². The maximum Gasteiger partial charge on any atom is 0.126 e. The summed E-state index contributed by atoms with van der Waals surface area (Å²) < 4.78 is 26.4. The summed E-state index contributed by atoms with van der Waals surface area (Å²) in [5.74, 6) is 5.35. The minimum Gasteiger partial charge on any atom is -0.497 e. The van der Waals surface area contributed by atoms with Crippen LogP contribution < -0.4 is 49.0 Å². The van der Waals surface area contributed by atoms with Crippen LogP contribution in [0.4, 0.5) is 28.4 Å². The lowest BCUT2D eigenvalue weighted by Crippen LogP contribution is -2.44. The Bertz CT molecular complexity index is 3150. The van der Waals surface area contributed by atoms with Gasteiger partial charge < -0.3 is 49.0 Å². The van der Waals surface area contributed by atoms with Crippen molar-refractivity contribution in [2.75, 3.05) is 87.3 Å². The molecule has 9 rings (SSSR count). The maximum atomic E-state index is 5.52. The van der Waals surface area contributed by atoms with E-state index in [2.05, 4.69) is 274 Å². The number of hydrogen-bond donors (Lipinski definition) is 2. The van der Waals surface area contributed by atoms with Crippen molar-refractivity contribution < 1.29 is 23.7 Å². The lowest BCUT2D eigenvalue weighted by Gasteiger charge is -2.41. The van der Waals surface area contributed by atoms with Crippen LogP contribution in [0.2, 0.25) is 0 Å². The largest absolute Gasteiger partial charge is 0.497 e. The van der Waals surface area contributed by atoms with Crippen LogP contribution in [0.3, 0.4) is 0 Å². The minimum atomic E-state index is 0.106. The van der Waals surface area contributed by atoms with Gasteiger partial charge in [0.15, 0.2) is 0 Å². The lowest BCUT2D eigenvalue weighted by molar-refractivity contribution is 0.339. The summed E-state index contributed by atoms with van der Waals surface area (Å²) in [6.07, 6.45) is 5.56. The first kappa shape index (κ1) is 74.6. The highest BCUT2D eigenvalue weighted by atomic mass is 32.2. The van der Waals surface area contributed by atoms with Crippen LogP contribution in [0.5, 0.6) is 28.7 Å². The van der Waals surface area contributed by atoms with Crippen molar-refractivity contribution in [3.63, 3.8) is 0 Å². The molecule has 2 heterocycles. The number of aryl methyl sites for hydroxylation is 1. The van der Waals surface area contributed by atoms with Crippen molar-refractivity contribution in [1.29, 1.82) is 0 Å². The zero-order valence-electron chi connectivity index (χ0n) is 59.8. The van der Waals surface area contributed by atoms with Crippen LogP contribution in [-0.4, -0.2) is 89.6 Å². The van der Waals surface area contributed by atoms with E-state index in [4.69, 9.17) is 23.7 Å². The molecule has 488 valence electrons. The van der Waals surface area contributed by atoms with Gasteiger partial charge in [-0.3, -0.25) is 0 Å². The van der Waals surface area contributed by atoms with Crippen LogP contribution in [0.15, 0.2) is 150 Å². The first-order chi connectivity index (χ1) is 41.4. The number of ether oxygens (including phenoxy) is 5. The fourth-order valence-corrected chi connectivity index (χ4v) is 10.2. The third kappa shape index (κ3) is 24.5. The molecular weight excluding hydrogens is 1120 g/mol. The van der Waals surface area contributed by atoms with Gasteiger partial charge >= 0.3 is 0 Å². The predicted molar refractivity (Wildman–Crippen MR) is 390 cm³/mol. The molecule has 7 aromatic carbocycles. The zero-order valence-corrected chi connectivity index (χ0v) is 60.6. The molecular formula is C78H115N5O5S. The topological polar surface area (TPSA) is 79.9 Å². The van der Waals surface area contributed by atoms with E-state index in [0.717, 1.165) is 59.4 Å². The van der Waals surface area contributed by atoms with Crippen molar-refractivity contribution in [3.8, 4) is 28.7 Å². The summed E-state index contributed by atoms with van der Waals surface area (Å²) in [5, 5.41) is 9.17. The molecule has 0 fully saturated rings. The molecule has 0 aliphatic carbocycles. The summed E-state index contributed by atoms with van der Waals surface area (Å²) in [7, 11) is 11.0. The highest BCUT2D eigenvalue weighted by Gasteiger charge is 2.27. The maximum absolute atomic E-state index is 5.52. The Morgan fingerprint density at radius 1 is 0.517 bits per heavy atom. The van der Waals surface area contributed by atoms with Crippen molar-refractivity contribution in [3.05, 3.63) is 162 Å². The average Bonchev–Trinajstić information content (AvgIpc) is 3.38. The van der Waals surface area contributed by atoms with E-state index in [0.29, 0.717) is 11.3 Å². The van der Waals surface area contributed by atoms with Crippen LogP contribution in [0.25, 0.3) is 10.8 Å². The molecule has 0 spiro atoms. The minimum absolute atomic E-state index is 0.106. The summed E-state index contributed by atoms with van der Waals surface area (Å²) in [4.78, 5) is 8.32. The van der Waals surface area contributed by atoms with Crippen LogP contribution in [0, 0.1) is 5.41 Å². The molecule has 1 unspecified atom stereocenters. The van der Waals surface area contributed by atoms with Gasteiger partial charge in [0.05, 0.1) is 35.0 Å². The Morgan fingerprint density at radius 3 is 1.51 bits per heavy atom. The van der Waals surface area contributed by atoms with E-state index in [-0.39, 0.29) is 27.7 Å². The highest BCUT2D eigenvalue weighted by molar-refractivity contribution is 7.98. The van der Waals surface area contributed by atoms with Gasteiger partial charge in [0.1, 0.15) is 28.7 Å². The number of thioether (sulfide) groups is 1. The van der Waals surface area contributed by atoms with Gasteiger partial charge in [-0.1, -0.05) is 52.0 Å². The lowest BCUT2D eigenvalue weighted by atomic mass is 9.77. The molecule has 2 aliphatic heterocycles. The van der Waals surface area contributed by atoms with Crippen LogP contribution in [0.1, 0.15) is 161 Å². The van der Waals surface area contributed by atoms with Gasteiger partial charge in [0, 0.05) is 93.5 Å². The van der Waals surface area contributed by atoms with Crippen molar-refractivity contribution in [2.45, 2.75) is 189 Å². The average molecular weight is 1230 g/mol. The summed E-state index contributed by atoms with van der Waals surface area (Å²) in [5.41, 5.74) is 11.4. The van der Waals surface area contributed by atoms with E-state index in [1.165, 1.54) is 62.6 Å². The van der Waals surface area contributed by atoms with Gasteiger partial charge in [0.25, 0.3) is 0 Å². The molecule has 11 heteroatoms. The second-order valence-corrected chi connectivity index (χ2v) is 30.1. The third-order valence-corrected chi connectivity index (χ3v) is 16.6. The molecule has 7 aromatic rings. The molecule has 0 saturated carbocycles. The van der Waals surface area contributed by atoms with Crippen LogP contribution >= 0.6 is 11.8 Å². The fraction of sp³-hybridized carbons (Fsp3) is 0.487.